The van der Waals surface area contributed by atoms with Crippen LogP contribution in [0.1, 0.15) is 31.7 Å². The number of carbonyl (C=O) groups excluding carboxylic acids is 1. The number of amides is 2. The Kier molecular flexibility index (Phi) is 4.83. The highest BCUT2D eigenvalue weighted by Crippen LogP contribution is 2.34. The predicted molar refractivity (Wildman–Crippen MR) is 80.3 cm³/mol. The molecule has 0 unspecified atom stereocenters. The van der Waals surface area contributed by atoms with Crippen molar-refractivity contribution in [1.82, 2.24) is 10.2 Å². The summed E-state index contributed by atoms with van der Waals surface area (Å²) in [4.78, 5) is 24.2. The second kappa shape index (κ2) is 6.61. The Morgan fingerprint density at radius 1 is 1.24 bits per heavy atom. The number of urea groups is 1. The quantitative estimate of drug-likeness (QED) is 0.893. The molecular weight excluding hydrogens is 268 g/mol. The first-order valence-electron chi connectivity index (χ1n) is 7.31. The fourth-order valence-electron chi connectivity index (χ4n) is 2.72. The molecule has 1 aliphatic heterocycles. The van der Waals surface area contributed by atoms with Gasteiger partial charge < -0.3 is 15.3 Å². The van der Waals surface area contributed by atoms with Gasteiger partial charge in [-0.05, 0) is 23.8 Å². The van der Waals surface area contributed by atoms with Crippen LogP contribution in [-0.2, 0) is 10.2 Å². The number of nitrogens with zero attached hydrogens (tertiary/aromatic N) is 1. The van der Waals surface area contributed by atoms with Crippen molar-refractivity contribution < 1.29 is 14.7 Å². The zero-order chi connectivity index (χ0) is 15.3. The minimum absolute atomic E-state index is 0.0404. The van der Waals surface area contributed by atoms with E-state index in [0.717, 1.165) is 12.8 Å². The molecule has 0 spiro atoms. The SMILES string of the molecule is CC1(c2ccccc2)CCN(C(=O)NCCC(=O)O)CC1. The van der Waals surface area contributed by atoms with Crippen molar-refractivity contribution in [3.63, 3.8) is 0 Å². The van der Waals surface area contributed by atoms with E-state index >= 15 is 0 Å². The highest BCUT2D eigenvalue weighted by Gasteiger charge is 2.33. The summed E-state index contributed by atoms with van der Waals surface area (Å²) in [5.41, 5.74) is 1.43. The largest absolute Gasteiger partial charge is 0.481 e. The van der Waals surface area contributed by atoms with Crippen molar-refractivity contribution >= 4 is 12.0 Å². The number of hydrogen-bond donors (Lipinski definition) is 2. The van der Waals surface area contributed by atoms with Crippen LogP contribution in [0.15, 0.2) is 30.3 Å². The summed E-state index contributed by atoms with van der Waals surface area (Å²) < 4.78 is 0. The van der Waals surface area contributed by atoms with E-state index in [-0.39, 0.29) is 24.4 Å². The zero-order valence-electron chi connectivity index (χ0n) is 12.3. The Morgan fingerprint density at radius 2 is 1.86 bits per heavy atom. The number of rotatable bonds is 4. The summed E-state index contributed by atoms with van der Waals surface area (Å²) in [6.45, 7) is 3.82. The van der Waals surface area contributed by atoms with Gasteiger partial charge in [-0.15, -0.1) is 0 Å². The third-order valence-corrected chi connectivity index (χ3v) is 4.24. The molecule has 5 heteroatoms. The molecule has 5 nitrogen and oxygen atoms in total. The normalized spacial score (nSPS) is 17.3. The number of benzene rings is 1. The molecule has 1 heterocycles. The highest BCUT2D eigenvalue weighted by molar-refractivity contribution is 5.75. The van der Waals surface area contributed by atoms with Gasteiger partial charge in [-0.3, -0.25) is 4.79 Å². The molecule has 2 amide bonds. The molecule has 1 aromatic rings. The van der Waals surface area contributed by atoms with Gasteiger partial charge >= 0.3 is 12.0 Å². The van der Waals surface area contributed by atoms with Gasteiger partial charge in [0.25, 0.3) is 0 Å². The molecule has 2 N–H and O–H groups in total. The van der Waals surface area contributed by atoms with Gasteiger partial charge in [-0.25, -0.2) is 4.79 Å². The number of hydrogen-bond acceptors (Lipinski definition) is 2. The van der Waals surface area contributed by atoms with E-state index < -0.39 is 5.97 Å². The number of carboxylic acid groups (broad SMARTS) is 1. The van der Waals surface area contributed by atoms with E-state index in [4.69, 9.17) is 5.11 Å². The first-order chi connectivity index (χ1) is 10.0. The molecule has 1 aromatic carbocycles. The summed E-state index contributed by atoms with van der Waals surface area (Å²) in [6, 6.07) is 10.2. The zero-order valence-corrected chi connectivity index (χ0v) is 12.3. The van der Waals surface area contributed by atoms with Crippen LogP contribution in [0, 0.1) is 0 Å². The number of carboxylic acids is 1. The number of nitrogens with one attached hydrogen (secondary N) is 1. The smallest absolute Gasteiger partial charge is 0.317 e. The van der Waals surface area contributed by atoms with Crippen LogP contribution < -0.4 is 5.32 Å². The lowest BCUT2D eigenvalue weighted by Gasteiger charge is -2.39. The summed E-state index contributed by atoms with van der Waals surface area (Å²) in [5, 5.41) is 11.2. The first-order valence-corrected chi connectivity index (χ1v) is 7.31. The molecule has 0 bridgehead atoms. The summed E-state index contributed by atoms with van der Waals surface area (Å²) in [6.07, 6.45) is 1.80. The maximum Gasteiger partial charge on any atom is 0.317 e. The Morgan fingerprint density at radius 3 is 2.43 bits per heavy atom. The van der Waals surface area contributed by atoms with E-state index in [0.29, 0.717) is 13.1 Å². The monoisotopic (exact) mass is 290 g/mol. The Balaban J connectivity index is 1.85. The summed E-state index contributed by atoms with van der Waals surface area (Å²) >= 11 is 0. The molecule has 1 aliphatic rings. The second-order valence-electron chi connectivity index (χ2n) is 5.79. The molecule has 21 heavy (non-hydrogen) atoms. The summed E-state index contributed by atoms with van der Waals surface area (Å²) in [7, 11) is 0. The molecule has 114 valence electrons. The van der Waals surface area contributed by atoms with Crippen molar-refractivity contribution in [2.45, 2.75) is 31.6 Å². The van der Waals surface area contributed by atoms with Crippen molar-refractivity contribution in [1.29, 1.82) is 0 Å². The van der Waals surface area contributed by atoms with Crippen LogP contribution in [0.2, 0.25) is 0 Å². The minimum Gasteiger partial charge on any atom is -0.481 e. The van der Waals surface area contributed by atoms with Gasteiger partial charge in [0.1, 0.15) is 0 Å². The van der Waals surface area contributed by atoms with Gasteiger partial charge in [0, 0.05) is 19.6 Å². The van der Waals surface area contributed by atoms with Crippen molar-refractivity contribution in [3.05, 3.63) is 35.9 Å². The maximum atomic E-state index is 11.9. The van der Waals surface area contributed by atoms with Gasteiger partial charge in [-0.2, -0.15) is 0 Å². The third kappa shape index (κ3) is 3.97. The van der Waals surface area contributed by atoms with E-state index in [1.54, 1.807) is 4.90 Å². The van der Waals surface area contributed by atoms with Gasteiger partial charge in [0.05, 0.1) is 6.42 Å². The Bertz CT molecular complexity index is 494. The number of carbonyl (C=O) groups is 2. The van der Waals surface area contributed by atoms with E-state index in [1.165, 1.54) is 5.56 Å². The molecule has 2 rings (SSSR count). The maximum absolute atomic E-state index is 11.9. The van der Waals surface area contributed by atoms with Gasteiger partial charge in [0.15, 0.2) is 0 Å². The number of piperidine rings is 1. The van der Waals surface area contributed by atoms with Crippen LogP contribution in [0.3, 0.4) is 0 Å². The van der Waals surface area contributed by atoms with Crippen LogP contribution in [0.5, 0.6) is 0 Å². The van der Waals surface area contributed by atoms with Crippen molar-refractivity contribution in [2.24, 2.45) is 0 Å². The predicted octanol–water partition coefficient (Wildman–Crippen LogP) is 2.22. The molecule has 0 atom stereocenters. The molecule has 0 saturated carbocycles. The molecule has 0 aromatic heterocycles. The Hall–Kier alpha value is -2.04. The average molecular weight is 290 g/mol. The average Bonchev–Trinajstić information content (AvgIpc) is 2.48. The topological polar surface area (TPSA) is 69.6 Å². The highest BCUT2D eigenvalue weighted by atomic mass is 16.4. The van der Waals surface area contributed by atoms with Crippen molar-refractivity contribution in [3.8, 4) is 0 Å². The molecule has 0 radical (unpaired) electrons. The molecular formula is C16H22N2O3. The number of aliphatic carboxylic acids is 1. The van der Waals surface area contributed by atoms with Gasteiger partial charge in [-0.1, -0.05) is 37.3 Å². The number of likely N-dealkylation sites (tertiary alicyclic amines) is 1. The lowest BCUT2D eigenvalue weighted by Crippen LogP contribution is -2.48. The van der Waals surface area contributed by atoms with Crippen molar-refractivity contribution in [2.75, 3.05) is 19.6 Å². The third-order valence-electron chi connectivity index (χ3n) is 4.24. The van der Waals surface area contributed by atoms with Crippen LogP contribution in [0.25, 0.3) is 0 Å². The first kappa shape index (κ1) is 15.4. The lowest BCUT2D eigenvalue weighted by atomic mass is 9.74. The van der Waals surface area contributed by atoms with Gasteiger partial charge in [0.2, 0.25) is 0 Å². The lowest BCUT2D eigenvalue weighted by molar-refractivity contribution is -0.136. The van der Waals surface area contributed by atoms with E-state index in [9.17, 15) is 9.59 Å². The minimum atomic E-state index is -0.898. The molecule has 0 aliphatic carbocycles. The molecule has 1 saturated heterocycles. The fourth-order valence-corrected chi connectivity index (χ4v) is 2.72. The van der Waals surface area contributed by atoms with E-state index in [1.807, 2.05) is 18.2 Å². The van der Waals surface area contributed by atoms with Crippen LogP contribution in [0.4, 0.5) is 4.79 Å². The Labute approximate surface area is 125 Å². The second-order valence-corrected chi connectivity index (χ2v) is 5.79. The van der Waals surface area contributed by atoms with Crippen LogP contribution >= 0.6 is 0 Å². The van der Waals surface area contributed by atoms with E-state index in [2.05, 4.69) is 24.4 Å². The summed E-state index contributed by atoms with van der Waals surface area (Å²) in [5.74, 6) is -0.898. The van der Waals surface area contributed by atoms with Crippen LogP contribution in [-0.4, -0.2) is 41.6 Å². The fraction of sp³-hybridized carbons (Fsp3) is 0.500. The standard InChI is InChI=1S/C16H22N2O3/c1-16(13-5-3-2-4-6-13)8-11-18(12-9-16)15(21)17-10-7-14(19)20/h2-6H,7-12H2,1H3,(H,17,21)(H,19,20). The molecule has 1 fully saturated rings.